The molecule has 0 unspecified atom stereocenters. The topological polar surface area (TPSA) is 88.6 Å². The fourth-order valence-corrected chi connectivity index (χ4v) is 3.73. The summed E-state index contributed by atoms with van der Waals surface area (Å²) in [5.74, 6) is 2.03. The molecular formula is C22H25N3O3. The van der Waals surface area contributed by atoms with Gasteiger partial charge in [0.15, 0.2) is 0 Å². The van der Waals surface area contributed by atoms with Crippen molar-refractivity contribution in [3.05, 3.63) is 53.5 Å². The first kappa shape index (κ1) is 18.3. The molecule has 6 nitrogen and oxygen atoms in total. The minimum Gasteiger partial charge on any atom is -0.461 e. The molecule has 1 saturated carbocycles. The Kier molecular flexibility index (Phi) is 4.94. The van der Waals surface area contributed by atoms with Crippen LogP contribution < -0.4 is 16.0 Å². The summed E-state index contributed by atoms with van der Waals surface area (Å²) in [5.41, 5.74) is 7.28. The highest BCUT2D eigenvalue weighted by Crippen LogP contribution is 2.47. The Morgan fingerprint density at radius 1 is 1.21 bits per heavy atom. The minimum atomic E-state index is -0.517. The first-order chi connectivity index (χ1) is 13.5. The van der Waals surface area contributed by atoms with E-state index in [9.17, 15) is 9.59 Å². The highest BCUT2D eigenvalue weighted by molar-refractivity contribution is 6.05. The summed E-state index contributed by atoms with van der Waals surface area (Å²) >= 11 is 0. The number of hydrogen-bond donors (Lipinski definition) is 2. The van der Waals surface area contributed by atoms with Gasteiger partial charge in [0.2, 0.25) is 11.8 Å². The fourth-order valence-electron chi connectivity index (χ4n) is 3.73. The van der Waals surface area contributed by atoms with Crippen LogP contribution in [0.5, 0.6) is 0 Å². The molecule has 0 radical (unpaired) electrons. The van der Waals surface area contributed by atoms with Crippen LogP contribution in [0, 0.1) is 5.92 Å². The van der Waals surface area contributed by atoms with Crippen molar-refractivity contribution in [3.8, 4) is 0 Å². The van der Waals surface area contributed by atoms with Crippen LogP contribution in [0.15, 0.2) is 40.8 Å². The van der Waals surface area contributed by atoms with Crippen LogP contribution in [-0.2, 0) is 4.79 Å². The van der Waals surface area contributed by atoms with Gasteiger partial charge in [0, 0.05) is 30.6 Å². The summed E-state index contributed by atoms with van der Waals surface area (Å²) in [6, 6.07) is 9.05. The molecule has 1 aliphatic carbocycles. The second kappa shape index (κ2) is 7.54. The summed E-state index contributed by atoms with van der Waals surface area (Å²) < 4.78 is 5.80. The van der Waals surface area contributed by atoms with Crippen molar-refractivity contribution in [2.45, 2.75) is 32.1 Å². The van der Waals surface area contributed by atoms with Crippen molar-refractivity contribution in [2.24, 2.45) is 11.7 Å². The predicted molar refractivity (Wildman–Crippen MR) is 109 cm³/mol. The predicted octanol–water partition coefficient (Wildman–Crippen LogP) is 3.75. The normalized spacial score (nSPS) is 21.2. The number of rotatable bonds is 6. The summed E-state index contributed by atoms with van der Waals surface area (Å²) in [5, 5.41) is 2.89. The van der Waals surface area contributed by atoms with Gasteiger partial charge in [-0.3, -0.25) is 9.59 Å². The Morgan fingerprint density at radius 2 is 1.96 bits per heavy atom. The van der Waals surface area contributed by atoms with Gasteiger partial charge in [-0.05, 0) is 61.6 Å². The van der Waals surface area contributed by atoms with E-state index in [0.717, 1.165) is 43.8 Å². The fraction of sp³-hybridized carbons (Fsp3) is 0.364. The number of benzene rings is 1. The zero-order valence-corrected chi connectivity index (χ0v) is 16.0. The van der Waals surface area contributed by atoms with Crippen LogP contribution >= 0.6 is 0 Å². The third-order valence-electron chi connectivity index (χ3n) is 5.51. The van der Waals surface area contributed by atoms with Crippen molar-refractivity contribution in [3.63, 3.8) is 0 Å². The smallest absolute Gasteiger partial charge is 0.248 e. The van der Waals surface area contributed by atoms with Crippen LogP contribution in [0.1, 0.15) is 54.0 Å². The van der Waals surface area contributed by atoms with E-state index >= 15 is 0 Å². The van der Waals surface area contributed by atoms with Crippen LogP contribution in [0.2, 0.25) is 0 Å². The number of carbonyl (C=O) groups is 2. The molecule has 2 amide bonds. The van der Waals surface area contributed by atoms with E-state index in [-0.39, 0.29) is 5.91 Å². The molecule has 3 N–H and O–H groups in total. The number of hydrogen-bond acceptors (Lipinski definition) is 4. The van der Waals surface area contributed by atoms with E-state index in [4.69, 9.17) is 10.2 Å². The van der Waals surface area contributed by atoms with Gasteiger partial charge in [-0.15, -0.1) is 0 Å². The molecule has 1 saturated heterocycles. The van der Waals surface area contributed by atoms with Gasteiger partial charge < -0.3 is 20.4 Å². The highest BCUT2D eigenvalue weighted by atomic mass is 16.3. The van der Waals surface area contributed by atoms with E-state index in [1.165, 1.54) is 6.08 Å². The molecule has 2 aliphatic rings. The molecule has 0 spiro atoms. The average Bonchev–Trinajstić information content (AvgIpc) is 3.09. The molecule has 2 fully saturated rings. The Morgan fingerprint density at radius 3 is 2.64 bits per heavy atom. The van der Waals surface area contributed by atoms with Gasteiger partial charge >= 0.3 is 0 Å². The molecule has 2 heterocycles. The number of nitrogens with two attached hydrogens (primary N) is 1. The lowest BCUT2D eigenvalue weighted by atomic mass is 10.1. The number of carbonyl (C=O) groups excluding carboxylic acids is 2. The average molecular weight is 379 g/mol. The number of nitrogens with one attached hydrogen (secondary N) is 1. The van der Waals surface area contributed by atoms with Crippen molar-refractivity contribution in [1.29, 1.82) is 0 Å². The molecule has 1 aromatic heterocycles. The van der Waals surface area contributed by atoms with Crippen LogP contribution in [-0.4, -0.2) is 24.9 Å². The molecular weight excluding hydrogens is 354 g/mol. The number of nitrogens with zero attached hydrogens (tertiary/aromatic N) is 1. The molecule has 146 valence electrons. The molecule has 28 heavy (non-hydrogen) atoms. The molecule has 2 aromatic rings. The Balaban J connectivity index is 1.48. The van der Waals surface area contributed by atoms with Crippen molar-refractivity contribution < 1.29 is 14.0 Å². The summed E-state index contributed by atoms with van der Waals surface area (Å²) in [6.07, 6.45) is 6.51. The molecule has 0 bridgehead atoms. The van der Waals surface area contributed by atoms with Gasteiger partial charge in [-0.1, -0.05) is 6.92 Å². The lowest BCUT2D eigenvalue weighted by Crippen LogP contribution is -2.21. The summed E-state index contributed by atoms with van der Waals surface area (Å²) in [6.45, 7) is 4.07. The van der Waals surface area contributed by atoms with E-state index in [0.29, 0.717) is 28.8 Å². The first-order valence-corrected chi connectivity index (χ1v) is 9.79. The summed E-state index contributed by atoms with van der Waals surface area (Å²) in [7, 11) is 0. The molecule has 1 aliphatic heterocycles. The second-order valence-corrected chi connectivity index (χ2v) is 7.67. The zero-order chi connectivity index (χ0) is 19.7. The number of furan rings is 1. The molecule has 1 aromatic carbocycles. The SMILES string of the molecule is C[C@@H]1C[C@H]1c1ccc(/C=C/C(=O)Nc2cc(C(N)=O)ccc2N2CCCC2)o1. The maximum absolute atomic E-state index is 12.5. The Hall–Kier alpha value is -3.02. The third kappa shape index (κ3) is 3.96. The largest absolute Gasteiger partial charge is 0.461 e. The Bertz CT molecular complexity index is 925. The van der Waals surface area contributed by atoms with Crippen molar-refractivity contribution in [1.82, 2.24) is 0 Å². The third-order valence-corrected chi connectivity index (χ3v) is 5.51. The Labute approximate surface area is 164 Å². The molecule has 6 heteroatoms. The van der Waals surface area contributed by atoms with E-state index in [1.54, 1.807) is 18.2 Å². The lowest BCUT2D eigenvalue weighted by molar-refractivity contribution is -0.111. The van der Waals surface area contributed by atoms with Gasteiger partial charge in [-0.25, -0.2) is 0 Å². The molecule has 4 rings (SSSR count). The van der Waals surface area contributed by atoms with Gasteiger partial charge in [0.05, 0.1) is 11.4 Å². The van der Waals surface area contributed by atoms with E-state index in [1.807, 2.05) is 18.2 Å². The maximum Gasteiger partial charge on any atom is 0.248 e. The number of primary amides is 1. The second-order valence-electron chi connectivity index (χ2n) is 7.67. The first-order valence-electron chi connectivity index (χ1n) is 9.79. The van der Waals surface area contributed by atoms with Crippen LogP contribution in [0.4, 0.5) is 11.4 Å². The van der Waals surface area contributed by atoms with Crippen molar-refractivity contribution >= 4 is 29.3 Å². The highest BCUT2D eigenvalue weighted by Gasteiger charge is 2.36. The maximum atomic E-state index is 12.5. The van der Waals surface area contributed by atoms with Crippen molar-refractivity contribution in [2.75, 3.05) is 23.3 Å². The van der Waals surface area contributed by atoms with Gasteiger partial charge in [0.25, 0.3) is 0 Å². The monoisotopic (exact) mass is 379 g/mol. The lowest BCUT2D eigenvalue weighted by Gasteiger charge is -2.21. The van der Waals surface area contributed by atoms with Gasteiger partial charge in [-0.2, -0.15) is 0 Å². The molecule has 2 atom stereocenters. The minimum absolute atomic E-state index is 0.278. The van der Waals surface area contributed by atoms with Gasteiger partial charge in [0.1, 0.15) is 11.5 Å². The standard InChI is InChI=1S/C22H25N3O3/c1-14-12-17(14)20-8-5-16(28-20)6-9-21(26)24-18-13-15(22(23)27)4-7-19(18)25-10-2-3-11-25/h4-9,13-14,17H,2-3,10-12H2,1H3,(H2,23,27)(H,24,26)/b9-6+/t14-,17-/m1/s1. The number of amides is 2. The van der Waals surface area contributed by atoms with Crippen LogP contribution in [0.3, 0.4) is 0 Å². The number of anilines is 2. The zero-order valence-electron chi connectivity index (χ0n) is 16.0. The van der Waals surface area contributed by atoms with Crippen LogP contribution in [0.25, 0.3) is 6.08 Å². The van der Waals surface area contributed by atoms with E-state index < -0.39 is 5.91 Å². The van der Waals surface area contributed by atoms with E-state index in [2.05, 4.69) is 17.1 Å². The quantitative estimate of drug-likeness (QED) is 0.748. The summed E-state index contributed by atoms with van der Waals surface area (Å²) in [4.78, 5) is 26.2.